The van der Waals surface area contributed by atoms with E-state index in [2.05, 4.69) is 5.32 Å². The lowest BCUT2D eigenvalue weighted by atomic mass is 10.00. The third kappa shape index (κ3) is 3.35. The van der Waals surface area contributed by atoms with Gasteiger partial charge in [0.05, 0.1) is 0 Å². The number of carbonyl (C=O) groups excluding carboxylic acids is 1. The number of nitrogens with one attached hydrogen (secondary N) is 1. The standard InChI is InChI=1S/C8H14F3N3O/c9-8(10,11)7(15)14-4-6(5-14)3-13-2-1-12/h6,13H,1-5,12H2. The molecule has 1 amide bonds. The molecular weight excluding hydrogens is 211 g/mol. The second-order valence-electron chi connectivity index (χ2n) is 3.57. The van der Waals surface area contributed by atoms with E-state index in [0.717, 1.165) is 4.90 Å². The van der Waals surface area contributed by atoms with Gasteiger partial charge in [-0.1, -0.05) is 0 Å². The molecule has 1 rings (SSSR count). The third-order valence-corrected chi connectivity index (χ3v) is 2.24. The van der Waals surface area contributed by atoms with E-state index >= 15 is 0 Å². The number of likely N-dealkylation sites (tertiary alicyclic amines) is 1. The Morgan fingerprint density at radius 2 is 2.07 bits per heavy atom. The first-order valence-electron chi connectivity index (χ1n) is 4.72. The molecule has 3 N–H and O–H groups in total. The number of rotatable bonds is 4. The van der Waals surface area contributed by atoms with Gasteiger partial charge in [-0.25, -0.2) is 0 Å². The first-order valence-corrected chi connectivity index (χ1v) is 4.72. The van der Waals surface area contributed by atoms with E-state index in [-0.39, 0.29) is 19.0 Å². The van der Waals surface area contributed by atoms with Crippen LogP contribution in [0.4, 0.5) is 13.2 Å². The zero-order valence-corrected chi connectivity index (χ0v) is 8.18. The van der Waals surface area contributed by atoms with E-state index in [0.29, 0.717) is 19.6 Å². The zero-order chi connectivity index (χ0) is 11.5. The van der Waals surface area contributed by atoms with Crippen LogP contribution in [0.2, 0.25) is 0 Å². The summed E-state index contributed by atoms with van der Waals surface area (Å²) in [6.45, 7) is 2.10. The van der Waals surface area contributed by atoms with Crippen LogP contribution in [0.1, 0.15) is 0 Å². The van der Waals surface area contributed by atoms with Gasteiger partial charge in [-0.3, -0.25) is 4.79 Å². The largest absolute Gasteiger partial charge is 0.471 e. The molecule has 0 saturated carbocycles. The molecule has 0 bridgehead atoms. The molecule has 1 aliphatic rings. The second kappa shape index (κ2) is 4.80. The van der Waals surface area contributed by atoms with Crippen LogP contribution in [0.15, 0.2) is 0 Å². The number of nitrogens with two attached hydrogens (primary N) is 1. The van der Waals surface area contributed by atoms with Crippen molar-refractivity contribution in [2.45, 2.75) is 6.18 Å². The van der Waals surface area contributed by atoms with Crippen molar-refractivity contribution in [1.82, 2.24) is 10.2 Å². The highest BCUT2D eigenvalue weighted by molar-refractivity contribution is 5.82. The molecule has 15 heavy (non-hydrogen) atoms. The summed E-state index contributed by atoms with van der Waals surface area (Å²) < 4.78 is 35.8. The van der Waals surface area contributed by atoms with Crippen LogP contribution in [0.3, 0.4) is 0 Å². The molecular formula is C8H14F3N3O. The minimum Gasteiger partial charge on any atom is -0.334 e. The Kier molecular flexibility index (Phi) is 3.92. The summed E-state index contributed by atoms with van der Waals surface area (Å²) in [5.74, 6) is -1.62. The van der Waals surface area contributed by atoms with Gasteiger partial charge in [0.15, 0.2) is 0 Å². The summed E-state index contributed by atoms with van der Waals surface area (Å²) in [5.41, 5.74) is 5.23. The van der Waals surface area contributed by atoms with Crippen molar-refractivity contribution >= 4 is 5.91 Å². The summed E-state index contributed by atoms with van der Waals surface area (Å²) in [4.78, 5) is 11.5. The van der Waals surface area contributed by atoms with Gasteiger partial charge in [0.1, 0.15) is 0 Å². The highest BCUT2D eigenvalue weighted by atomic mass is 19.4. The monoisotopic (exact) mass is 225 g/mol. The summed E-state index contributed by atoms with van der Waals surface area (Å²) in [6, 6.07) is 0. The Hall–Kier alpha value is -0.820. The molecule has 0 aromatic rings. The molecule has 0 spiro atoms. The van der Waals surface area contributed by atoms with Gasteiger partial charge in [0, 0.05) is 38.6 Å². The Morgan fingerprint density at radius 3 is 2.53 bits per heavy atom. The van der Waals surface area contributed by atoms with Gasteiger partial charge in [0.2, 0.25) is 0 Å². The lowest BCUT2D eigenvalue weighted by molar-refractivity contribution is -0.191. The smallest absolute Gasteiger partial charge is 0.334 e. The minimum atomic E-state index is -4.74. The van der Waals surface area contributed by atoms with Gasteiger partial charge >= 0.3 is 12.1 Å². The maximum Gasteiger partial charge on any atom is 0.471 e. The Balaban J connectivity index is 2.17. The van der Waals surface area contributed by atoms with Crippen LogP contribution in [-0.2, 0) is 4.79 Å². The van der Waals surface area contributed by atoms with Crippen molar-refractivity contribution in [3.05, 3.63) is 0 Å². The quantitative estimate of drug-likeness (QED) is 0.637. The first-order chi connectivity index (χ1) is 6.95. The normalized spacial score (nSPS) is 17.7. The lowest BCUT2D eigenvalue weighted by Gasteiger charge is -2.39. The van der Waals surface area contributed by atoms with Crippen LogP contribution in [0, 0.1) is 5.92 Å². The van der Waals surface area contributed by atoms with Crippen LogP contribution in [-0.4, -0.2) is 49.7 Å². The predicted octanol–water partition coefficient (Wildman–Crippen LogP) is -0.445. The Morgan fingerprint density at radius 1 is 1.47 bits per heavy atom. The van der Waals surface area contributed by atoms with Crippen molar-refractivity contribution in [3.63, 3.8) is 0 Å². The minimum absolute atomic E-state index is 0.114. The highest BCUT2D eigenvalue weighted by Gasteiger charge is 2.46. The van der Waals surface area contributed by atoms with Crippen LogP contribution in [0.25, 0.3) is 0 Å². The molecule has 0 atom stereocenters. The van der Waals surface area contributed by atoms with Crippen molar-refractivity contribution in [3.8, 4) is 0 Å². The van der Waals surface area contributed by atoms with Gasteiger partial charge in [-0.2, -0.15) is 13.2 Å². The number of alkyl halides is 3. The number of hydrogen-bond acceptors (Lipinski definition) is 3. The van der Waals surface area contributed by atoms with Crippen LogP contribution >= 0.6 is 0 Å². The SMILES string of the molecule is NCCNCC1CN(C(=O)C(F)(F)F)C1. The van der Waals surface area contributed by atoms with Gasteiger partial charge in [-0.15, -0.1) is 0 Å². The molecule has 1 saturated heterocycles. The number of hydrogen-bond donors (Lipinski definition) is 2. The fourth-order valence-corrected chi connectivity index (χ4v) is 1.45. The molecule has 0 aromatic heterocycles. The fourth-order valence-electron chi connectivity index (χ4n) is 1.45. The van der Waals surface area contributed by atoms with E-state index in [4.69, 9.17) is 5.73 Å². The van der Waals surface area contributed by atoms with Gasteiger partial charge < -0.3 is 16.0 Å². The van der Waals surface area contributed by atoms with E-state index in [9.17, 15) is 18.0 Å². The number of halogens is 3. The lowest BCUT2D eigenvalue weighted by Crippen LogP contribution is -2.56. The average molecular weight is 225 g/mol. The number of carbonyl (C=O) groups is 1. The number of amides is 1. The summed E-state index contributed by atoms with van der Waals surface area (Å²) >= 11 is 0. The van der Waals surface area contributed by atoms with Crippen molar-refractivity contribution in [2.24, 2.45) is 11.7 Å². The molecule has 0 aromatic carbocycles. The highest BCUT2D eigenvalue weighted by Crippen LogP contribution is 2.24. The summed E-state index contributed by atoms with van der Waals surface area (Å²) in [6.07, 6.45) is -4.74. The predicted molar refractivity (Wildman–Crippen MR) is 48.0 cm³/mol. The third-order valence-electron chi connectivity index (χ3n) is 2.24. The topological polar surface area (TPSA) is 58.4 Å². The first kappa shape index (κ1) is 12.3. The van der Waals surface area contributed by atoms with Crippen LogP contribution in [0.5, 0.6) is 0 Å². The summed E-state index contributed by atoms with van der Waals surface area (Å²) in [7, 11) is 0. The van der Waals surface area contributed by atoms with Gasteiger partial charge in [-0.05, 0) is 0 Å². The maximum atomic E-state index is 11.9. The molecule has 88 valence electrons. The van der Waals surface area contributed by atoms with E-state index in [1.807, 2.05) is 0 Å². The molecule has 1 heterocycles. The molecule has 7 heteroatoms. The maximum absolute atomic E-state index is 11.9. The van der Waals surface area contributed by atoms with Crippen LogP contribution < -0.4 is 11.1 Å². The molecule has 0 aliphatic carbocycles. The number of nitrogens with zero attached hydrogens (tertiary/aromatic N) is 1. The van der Waals surface area contributed by atoms with Crippen molar-refractivity contribution in [1.29, 1.82) is 0 Å². The fraction of sp³-hybridized carbons (Fsp3) is 0.875. The Labute approximate surface area is 85.6 Å². The molecule has 4 nitrogen and oxygen atoms in total. The Bertz CT molecular complexity index is 226. The van der Waals surface area contributed by atoms with E-state index in [1.54, 1.807) is 0 Å². The van der Waals surface area contributed by atoms with E-state index < -0.39 is 12.1 Å². The van der Waals surface area contributed by atoms with Crippen molar-refractivity contribution < 1.29 is 18.0 Å². The molecule has 0 radical (unpaired) electrons. The second-order valence-corrected chi connectivity index (χ2v) is 3.57. The van der Waals surface area contributed by atoms with Crippen molar-refractivity contribution in [2.75, 3.05) is 32.7 Å². The van der Waals surface area contributed by atoms with Gasteiger partial charge in [0.25, 0.3) is 0 Å². The zero-order valence-electron chi connectivity index (χ0n) is 8.18. The molecule has 1 aliphatic heterocycles. The molecule has 1 fully saturated rings. The average Bonchev–Trinajstić information content (AvgIpc) is 2.06. The summed E-state index contributed by atoms with van der Waals surface area (Å²) in [5, 5.41) is 2.99. The van der Waals surface area contributed by atoms with E-state index in [1.165, 1.54) is 0 Å². The molecule has 0 unspecified atom stereocenters.